The summed E-state index contributed by atoms with van der Waals surface area (Å²) < 4.78 is 3.81. The number of hydrogen-bond acceptors (Lipinski definition) is 3. The highest BCUT2D eigenvalue weighted by Crippen LogP contribution is 2.22. The van der Waals surface area contributed by atoms with Crippen molar-refractivity contribution in [3.63, 3.8) is 0 Å². The molecule has 5 nitrogen and oxygen atoms in total. The highest BCUT2D eigenvalue weighted by atomic mass is 16.3. The van der Waals surface area contributed by atoms with E-state index in [1.165, 1.54) is 0 Å². The Morgan fingerprint density at radius 3 is 3.05 bits per heavy atom. The van der Waals surface area contributed by atoms with Gasteiger partial charge in [-0.3, -0.25) is 0 Å². The van der Waals surface area contributed by atoms with Gasteiger partial charge in [0.15, 0.2) is 0 Å². The standard InChI is InChI=1S/C14H16N4O/c1-2-17-8-6-15-14(17)9-13(19)11-10-16-18-7-4-3-5-12(11)18/h3-8,10,13,19H,2,9H2,1H3. The van der Waals surface area contributed by atoms with Crippen molar-refractivity contribution < 1.29 is 5.11 Å². The van der Waals surface area contributed by atoms with Crippen molar-refractivity contribution in [1.82, 2.24) is 19.2 Å². The molecular formula is C14H16N4O. The molecule has 3 heterocycles. The van der Waals surface area contributed by atoms with Gasteiger partial charge in [-0.05, 0) is 19.1 Å². The van der Waals surface area contributed by atoms with Crippen LogP contribution in [0.1, 0.15) is 24.4 Å². The van der Waals surface area contributed by atoms with E-state index >= 15 is 0 Å². The molecule has 0 radical (unpaired) electrons. The fourth-order valence-corrected chi connectivity index (χ4v) is 2.31. The Morgan fingerprint density at radius 2 is 2.21 bits per heavy atom. The van der Waals surface area contributed by atoms with Crippen molar-refractivity contribution in [3.8, 4) is 0 Å². The Hall–Kier alpha value is -2.14. The maximum atomic E-state index is 10.4. The average molecular weight is 256 g/mol. The summed E-state index contributed by atoms with van der Waals surface area (Å²) in [5.74, 6) is 0.894. The number of pyridine rings is 1. The van der Waals surface area contributed by atoms with E-state index in [0.29, 0.717) is 6.42 Å². The smallest absolute Gasteiger partial charge is 0.111 e. The second kappa shape index (κ2) is 4.85. The van der Waals surface area contributed by atoms with Gasteiger partial charge in [0.05, 0.1) is 17.8 Å². The molecule has 1 unspecified atom stereocenters. The predicted molar refractivity (Wildman–Crippen MR) is 71.8 cm³/mol. The number of aromatic nitrogens is 4. The summed E-state index contributed by atoms with van der Waals surface area (Å²) >= 11 is 0. The Balaban J connectivity index is 1.90. The molecule has 0 aliphatic heterocycles. The molecule has 1 N–H and O–H groups in total. The minimum absolute atomic E-state index is 0.497. The molecule has 0 aliphatic carbocycles. The summed E-state index contributed by atoms with van der Waals surface area (Å²) in [5.41, 5.74) is 1.77. The van der Waals surface area contributed by atoms with Crippen molar-refractivity contribution in [2.75, 3.05) is 0 Å². The molecule has 98 valence electrons. The molecule has 0 fully saturated rings. The van der Waals surface area contributed by atoms with E-state index in [2.05, 4.69) is 17.0 Å². The van der Waals surface area contributed by atoms with Crippen molar-refractivity contribution >= 4 is 5.52 Å². The Kier molecular flexibility index (Phi) is 3.05. The first-order chi connectivity index (χ1) is 9.29. The zero-order valence-electron chi connectivity index (χ0n) is 10.8. The molecule has 3 aromatic rings. The van der Waals surface area contributed by atoms with E-state index in [0.717, 1.165) is 23.4 Å². The van der Waals surface area contributed by atoms with Crippen LogP contribution in [0.4, 0.5) is 0 Å². The Bertz CT molecular complexity index is 685. The summed E-state index contributed by atoms with van der Waals surface area (Å²) in [4.78, 5) is 4.29. The van der Waals surface area contributed by atoms with E-state index in [1.807, 2.05) is 35.2 Å². The zero-order valence-corrected chi connectivity index (χ0v) is 10.8. The second-order valence-electron chi connectivity index (χ2n) is 4.48. The van der Waals surface area contributed by atoms with Gasteiger partial charge in [-0.1, -0.05) is 6.07 Å². The van der Waals surface area contributed by atoms with Gasteiger partial charge >= 0.3 is 0 Å². The minimum Gasteiger partial charge on any atom is -0.388 e. The molecule has 0 saturated carbocycles. The van der Waals surface area contributed by atoms with Gasteiger partial charge < -0.3 is 9.67 Å². The number of rotatable bonds is 4. The predicted octanol–water partition coefficient (Wildman–Crippen LogP) is 1.83. The van der Waals surface area contributed by atoms with Crippen LogP contribution in [0.15, 0.2) is 43.0 Å². The van der Waals surface area contributed by atoms with E-state index in [9.17, 15) is 5.11 Å². The van der Waals surface area contributed by atoms with Crippen LogP contribution in [0.25, 0.3) is 5.52 Å². The van der Waals surface area contributed by atoms with Crippen LogP contribution in [0.2, 0.25) is 0 Å². The lowest BCUT2D eigenvalue weighted by atomic mass is 10.1. The second-order valence-corrected chi connectivity index (χ2v) is 4.48. The van der Waals surface area contributed by atoms with Crippen molar-refractivity contribution in [2.24, 2.45) is 0 Å². The fraction of sp³-hybridized carbons (Fsp3) is 0.286. The summed E-state index contributed by atoms with van der Waals surface area (Å²) in [5, 5.41) is 14.6. The largest absolute Gasteiger partial charge is 0.388 e. The molecule has 0 aliphatic rings. The molecule has 0 bridgehead atoms. The van der Waals surface area contributed by atoms with Gasteiger partial charge in [0.25, 0.3) is 0 Å². The third-order valence-electron chi connectivity index (χ3n) is 3.33. The summed E-state index contributed by atoms with van der Waals surface area (Å²) in [6, 6.07) is 5.82. The first-order valence-electron chi connectivity index (χ1n) is 6.40. The topological polar surface area (TPSA) is 55.3 Å². The Morgan fingerprint density at radius 1 is 1.32 bits per heavy atom. The first-order valence-corrected chi connectivity index (χ1v) is 6.40. The van der Waals surface area contributed by atoms with Gasteiger partial charge in [0.1, 0.15) is 5.82 Å². The molecular weight excluding hydrogens is 240 g/mol. The Labute approximate surface area is 111 Å². The van der Waals surface area contributed by atoms with Crippen LogP contribution in [0, 0.1) is 0 Å². The van der Waals surface area contributed by atoms with Gasteiger partial charge in [0.2, 0.25) is 0 Å². The summed E-state index contributed by atoms with van der Waals surface area (Å²) in [6.45, 7) is 2.92. The van der Waals surface area contributed by atoms with Gasteiger partial charge in [-0.2, -0.15) is 5.10 Å². The SMILES string of the molecule is CCn1ccnc1CC(O)c1cnn2ccccc12. The monoisotopic (exact) mass is 256 g/mol. The molecule has 3 rings (SSSR count). The first kappa shape index (κ1) is 11.9. The van der Waals surface area contributed by atoms with Gasteiger partial charge in [0, 0.05) is 37.1 Å². The quantitative estimate of drug-likeness (QED) is 0.774. The maximum Gasteiger partial charge on any atom is 0.111 e. The highest BCUT2D eigenvalue weighted by Gasteiger charge is 2.16. The lowest BCUT2D eigenvalue weighted by Gasteiger charge is -2.10. The zero-order chi connectivity index (χ0) is 13.2. The van der Waals surface area contributed by atoms with Crippen LogP contribution in [-0.2, 0) is 13.0 Å². The van der Waals surface area contributed by atoms with Crippen molar-refractivity contribution in [1.29, 1.82) is 0 Å². The van der Waals surface area contributed by atoms with Crippen LogP contribution in [0.3, 0.4) is 0 Å². The number of nitrogens with zero attached hydrogens (tertiary/aromatic N) is 4. The van der Waals surface area contributed by atoms with Crippen molar-refractivity contribution in [3.05, 3.63) is 54.4 Å². The fourth-order valence-electron chi connectivity index (χ4n) is 2.31. The number of fused-ring (bicyclic) bond motifs is 1. The molecule has 0 spiro atoms. The molecule has 0 aromatic carbocycles. The van der Waals surface area contributed by atoms with E-state index in [4.69, 9.17) is 0 Å². The molecule has 1 atom stereocenters. The lowest BCUT2D eigenvalue weighted by molar-refractivity contribution is 0.176. The van der Waals surface area contributed by atoms with Crippen LogP contribution in [0.5, 0.6) is 0 Å². The number of aliphatic hydroxyl groups is 1. The average Bonchev–Trinajstić information content (AvgIpc) is 3.04. The van der Waals surface area contributed by atoms with E-state index in [-0.39, 0.29) is 0 Å². The highest BCUT2D eigenvalue weighted by molar-refractivity contribution is 5.54. The molecule has 19 heavy (non-hydrogen) atoms. The van der Waals surface area contributed by atoms with Crippen molar-refractivity contribution in [2.45, 2.75) is 26.0 Å². The summed E-state index contributed by atoms with van der Waals surface area (Å²) in [6.07, 6.45) is 7.20. The van der Waals surface area contributed by atoms with E-state index < -0.39 is 6.10 Å². The molecule has 5 heteroatoms. The summed E-state index contributed by atoms with van der Waals surface area (Å²) in [7, 11) is 0. The number of aryl methyl sites for hydroxylation is 1. The van der Waals surface area contributed by atoms with E-state index in [1.54, 1.807) is 16.9 Å². The number of imidazole rings is 1. The number of hydrogen-bond donors (Lipinski definition) is 1. The minimum atomic E-state index is -0.590. The van der Waals surface area contributed by atoms with Gasteiger partial charge in [-0.15, -0.1) is 0 Å². The third kappa shape index (κ3) is 2.13. The number of aliphatic hydroxyl groups excluding tert-OH is 1. The van der Waals surface area contributed by atoms with Crippen LogP contribution < -0.4 is 0 Å². The maximum absolute atomic E-state index is 10.4. The molecule has 0 saturated heterocycles. The van der Waals surface area contributed by atoms with Crippen LogP contribution in [-0.4, -0.2) is 24.3 Å². The van der Waals surface area contributed by atoms with Gasteiger partial charge in [-0.25, -0.2) is 9.50 Å². The van der Waals surface area contributed by atoms with Crippen LogP contribution >= 0.6 is 0 Å². The molecule has 3 aromatic heterocycles. The molecule has 0 amide bonds. The normalized spacial score (nSPS) is 12.9. The lowest BCUT2D eigenvalue weighted by Crippen LogP contribution is -2.08. The third-order valence-corrected chi connectivity index (χ3v) is 3.33.